The number of nitrogens with two attached hydrogens (primary N) is 3. The van der Waals surface area contributed by atoms with Crippen molar-refractivity contribution in [2.24, 2.45) is 29.0 Å². The van der Waals surface area contributed by atoms with Crippen molar-refractivity contribution in [3.63, 3.8) is 0 Å². The monoisotopic (exact) mass is 1380 g/mol. The van der Waals surface area contributed by atoms with Crippen LogP contribution in [0.4, 0.5) is 0 Å². The van der Waals surface area contributed by atoms with Crippen molar-refractivity contribution in [2.45, 2.75) is 185 Å². The van der Waals surface area contributed by atoms with Crippen molar-refractivity contribution in [2.75, 3.05) is 37.2 Å². The molecular weight excluding hydrogens is 1280 g/mol. The van der Waals surface area contributed by atoms with Crippen LogP contribution >= 0.6 is 23.5 Å². The molecule has 35 heteroatoms. The fourth-order valence-corrected chi connectivity index (χ4v) is 10.9. The Hall–Kier alpha value is -8.57. The van der Waals surface area contributed by atoms with E-state index in [2.05, 4.69) is 58.2 Å². The van der Waals surface area contributed by atoms with Crippen molar-refractivity contribution in [1.29, 1.82) is 0 Å². The van der Waals surface area contributed by atoms with E-state index in [1.807, 2.05) is 0 Å². The van der Waals surface area contributed by atoms with Gasteiger partial charge in [0.05, 0.1) is 25.5 Å². The molecule has 1 fully saturated rings. The molecule has 1 saturated heterocycles. The van der Waals surface area contributed by atoms with Crippen LogP contribution < -0.4 is 70.4 Å². The molecule has 0 bridgehead atoms. The molecule has 0 radical (unpaired) electrons. The minimum absolute atomic E-state index is 0.0295. The predicted molar refractivity (Wildman–Crippen MR) is 349 cm³/mol. The molecule has 1 aliphatic heterocycles. The molecule has 1 aromatic carbocycles. The SMILES string of the molecule is CC[C@H](C)[C@H](NC(=O)[C@H](C)N)C(=O)N[C@@H](CC(N)=O)C(=O)N[C@@H](CC(N)=O)C(=O)N[C@H](C(=O)N1CCC[C@H]1C(=O)N[C@@H](Cc1c[nH]c2ccccc12)C(=O)N[C@@H](CO)C(=O)N[C@@H](CCC(=O)O)C(=O)N[C@@H](C)C(=O)N[C@@H](CCSC)C(=O)N[C@@H](CCSC)C(=O)O)[C@@H](C)CC. The highest BCUT2D eigenvalue weighted by Crippen LogP contribution is 2.24. The maximum absolute atomic E-state index is 14.8. The van der Waals surface area contributed by atoms with Crippen LogP contribution in [0.3, 0.4) is 0 Å². The molecule has 20 N–H and O–H groups in total. The van der Waals surface area contributed by atoms with Gasteiger partial charge in [0.2, 0.25) is 76.8 Å². The number of primary amides is 2. The number of carbonyl (C=O) groups excluding carboxylic acids is 13. The fraction of sp³-hybridized carbons (Fsp3) is 0.617. The number of aromatic amines is 1. The van der Waals surface area contributed by atoms with E-state index in [0.29, 0.717) is 34.4 Å². The lowest BCUT2D eigenvalue weighted by Gasteiger charge is -2.33. The van der Waals surface area contributed by atoms with Crippen molar-refractivity contribution < 1.29 is 87.2 Å². The van der Waals surface area contributed by atoms with Gasteiger partial charge in [-0.25, -0.2) is 4.79 Å². The highest BCUT2D eigenvalue weighted by atomic mass is 32.2. The van der Waals surface area contributed by atoms with Crippen molar-refractivity contribution >= 4 is 123 Å². The van der Waals surface area contributed by atoms with Gasteiger partial charge in [-0.3, -0.25) is 67.1 Å². The van der Waals surface area contributed by atoms with Gasteiger partial charge in [0.15, 0.2) is 0 Å². The molecule has 0 aliphatic carbocycles. The molecule has 14 atom stereocenters. The zero-order valence-corrected chi connectivity index (χ0v) is 56.2. The minimum Gasteiger partial charge on any atom is -0.481 e. The number of carbonyl (C=O) groups is 15. The summed E-state index contributed by atoms with van der Waals surface area (Å²) in [4.78, 5) is 206. The molecule has 528 valence electrons. The topological polar surface area (TPSA) is 534 Å². The van der Waals surface area contributed by atoms with Crippen LogP contribution in [0.25, 0.3) is 10.9 Å². The molecule has 13 amide bonds. The molecule has 1 aromatic heterocycles. The third kappa shape index (κ3) is 25.6. The molecule has 0 unspecified atom stereocenters. The maximum Gasteiger partial charge on any atom is 0.326 e. The van der Waals surface area contributed by atoms with E-state index in [9.17, 15) is 87.2 Å². The number of nitrogens with zero attached hydrogens (tertiary/aromatic N) is 1. The van der Waals surface area contributed by atoms with Crippen molar-refractivity contribution in [3.8, 4) is 0 Å². The summed E-state index contributed by atoms with van der Waals surface area (Å²) in [5.41, 5.74) is 17.8. The first-order valence-corrected chi connectivity index (χ1v) is 33.9. The van der Waals surface area contributed by atoms with E-state index in [0.717, 1.165) is 0 Å². The summed E-state index contributed by atoms with van der Waals surface area (Å²) in [6.07, 6.45) is 2.91. The molecule has 2 aromatic rings. The van der Waals surface area contributed by atoms with E-state index in [1.165, 1.54) is 42.3 Å². The van der Waals surface area contributed by atoms with Gasteiger partial charge in [0.1, 0.15) is 66.5 Å². The van der Waals surface area contributed by atoms with Crippen LogP contribution in [0.15, 0.2) is 30.5 Å². The summed E-state index contributed by atoms with van der Waals surface area (Å²) in [7, 11) is 0. The minimum atomic E-state index is -1.88. The lowest BCUT2D eigenvalue weighted by atomic mass is 9.96. The summed E-state index contributed by atoms with van der Waals surface area (Å²) in [5.74, 6) is -15.9. The number of aliphatic hydroxyl groups is 1. The zero-order chi connectivity index (χ0) is 71.4. The number of carboxylic acids is 2. The largest absolute Gasteiger partial charge is 0.481 e. The second kappa shape index (κ2) is 40.0. The van der Waals surface area contributed by atoms with E-state index >= 15 is 0 Å². The van der Waals surface area contributed by atoms with Gasteiger partial charge in [-0.2, -0.15) is 23.5 Å². The van der Waals surface area contributed by atoms with Crippen LogP contribution in [0.2, 0.25) is 0 Å². The van der Waals surface area contributed by atoms with Gasteiger partial charge < -0.3 is 95.6 Å². The Morgan fingerprint density at radius 3 is 1.61 bits per heavy atom. The van der Waals surface area contributed by atoms with Crippen LogP contribution in [-0.4, -0.2) is 224 Å². The summed E-state index contributed by atoms with van der Waals surface area (Å²) in [5, 5.41) is 54.9. The van der Waals surface area contributed by atoms with Crippen LogP contribution in [0.1, 0.15) is 111 Å². The summed E-state index contributed by atoms with van der Waals surface area (Å²) in [6, 6.07) is -10.8. The van der Waals surface area contributed by atoms with E-state index in [-0.39, 0.29) is 45.1 Å². The number of aliphatic carboxylic acids is 2. The Labute approximate surface area is 558 Å². The highest BCUT2D eigenvalue weighted by Gasteiger charge is 2.43. The lowest BCUT2D eigenvalue weighted by Crippen LogP contribution is -2.62. The first-order valence-electron chi connectivity index (χ1n) is 31.1. The van der Waals surface area contributed by atoms with Gasteiger partial charge in [-0.1, -0.05) is 58.7 Å². The molecule has 0 spiro atoms. The first-order chi connectivity index (χ1) is 44.8. The molecule has 2 heterocycles. The number of aromatic nitrogens is 1. The van der Waals surface area contributed by atoms with Crippen LogP contribution in [0, 0.1) is 11.8 Å². The normalized spacial score (nSPS) is 16.9. The van der Waals surface area contributed by atoms with E-state index < -0.39 is 205 Å². The first kappa shape index (κ1) is 80.7. The summed E-state index contributed by atoms with van der Waals surface area (Å²) >= 11 is 2.71. The zero-order valence-electron chi connectivity index (χ0n) is 54.5. The van der Waals surface area contributed by atoms with Crippen LogP contribution in [0.5, 0.6) is 0 Å². The third-order valence-corrected chi connectivity index (χ3v) is 17.2. The number of aliphatic hydroxyl groups excluding tert-OH is 1. The fourth-order valence-electron chi connectivity index (χ4n) is 9.98. The molecule has 95 heavy (non-hydrogen) atoms. The Balaban J connectivity index is 1.92. The number of benzene rings is 1. The maximum atomic E-state index is 14.8. The number of H-pyrrole nitrogens is 1. The van der Waals surface area contributed by atoms with Crippen molar-refractivity contribution in [3.05, 3.63) is 36.0 Å². The smallest absolute Gasteiger partial charge is 0.326 e. The highest BCUT2D eigenvalue weighted by molar-refractivity contribution is 7.98. The number of likely N-dealkylation sites (tertiary alicyclic amines) is 1. The van der Waals surface area contributed by atoms with E-state index in [4.69, 9.17) is 17.2 Å². The summed E-state index contributed by atoms with van der Waals surface area (Å²) in [6.45, 7) is 8.12. The number of fused-ring (bicyclic) bond motifs is 1. The van der Waals surface area contributed by atoms with Gasteiger partial charge in [0, 0.05) is 36.5 Å². The van der Waals surface area contributed by atoms with Gasteiger partial charge in [-0.15, -0.1) is 0 Å². The number of hydrogen-bond donors (Lipinski definition) is 17. The van der Waals surface area contributed by atoms with Gasteiger partial charge in [0.25, 0.3) is 0 Å². The molecule has 3 rings (SSSR count). The number of hydrogen-bond acceptors (Lipinski definition) is 19. The Kier molecular flexibility index (Phi) is 33.9. The number of carboxylic acid groups (broad SMARTS) is 2. The number of nitrogens with one attached hydrogen (secondary N) is 11. The lowest BCUT2D eigenvalue weighted by molar-refractivity contribution is -0.144. The van der Waals surface area contributed by atoms with Gasteiger partial charge >= 0.3 is 11.9 Å². The number of para-hydroxylation sites is 1. The predicted octanol–water partition coefficient (Wildman–Crippen LogP) is -3.79. The number of thioether (sulfide) groups is 2. The standard InChI is InChI=1S/C60H93N15O18S2/c1-9-29(3)47(73-49(81)31(5)61)58(90)71-40(25-44(62)77)54(86)69-41(26-45(63)78)55(87)74-48(30(4)10-2)59(91)75-21-13-16-43(75)57(89)70-39(24-33-27-64-35-15-12-11-14-34(33)35)53(85)72-42(28-76)56(88)67-36(17-18-46(79)80)51(83)65-32(6)50(82)66-37(19-22-94-7)52(84)68-38(60(92)93)20-23-95-8/h11-12,14-15,27,29-32,36-43,47-48,64,76H,9-10,13,16-26,28,61H2,1-8H3,(H2,62,77)(H2,63,78)(H,65,83)(H,66,82)(H,67,88)(H,68,84)(H,69,86)(H,70,89)(H,71,90)(H,72,85)(H,73,81)(H,74,87)(H,79,80)(H,92,93)/t29-,30-,31-,32-,36-,37-,38-,39-,40-,41-,42-,43-,47-,48-/m0/s1. The van der Waals surface area contributed by atoms with Gasteiger partial charge in [-0.05, 0) is 93.4 Å². The summed E-state index contributed by atoms with van der Waals surface area (Å²) < 4.78 is 0. The molecule has 0 saturated carbocycles. The Morgan fingerprint density at radius 1 is 0.579 bits per heavy atom. The average Bonchev–Trinajstić information content (AvgIpc) is 1.77. The van der Waals surface area contributed by atoms with Crippen molar-refractivity contribution in [1.82, 2.24) is 63.1 Å². The Morgan fingerprint density at radius 2 is 1.05 bits per heavy atom. The third-order valence-electron chi connectivity index (χ3n) is 15.9. The molecular formula is C60H93N15O18S2. The Bertz CT molecular complexity index is 3060. The second-order valence-corrected chi connectivity index (χ2v) is 25.3. The second-order valence-electron chi connectivity index (χ2n) is 23.3. The number of rotatable bonds is 42. The van der Waals surface area contributed by atoms with E-state index in [1.54, 1.807) is 70.7 Å². The average molecular weight is 1380 g/mol. The molecule has 33 nitrogen and oxygen atoms in total. The van der Waals surface area contributed by atoms with Crippen LogP contribution in [-0.2, 0) is 78.3 Å². The molecule has 1 aliphatic rings. The number of amides is 13. The quantitative estimate of drug-likeness (QED) is 0.0303.